The molecule has 0 amide bonds. The Morgan fingerprint density at radius 1 is 1.21 bits per heavy atom. The molecular formula is C13H19N5O. The SMILES string of the molecule is Cn1ccnc1CNc1nccn(C(C)(C)C)c1=O. The lowest BCUT2D eigenvalue weighted by Gasteiger charge is -2.22. The molecule has 6 nitrogen and oxygen atoms in total. The highest BCUT2D eigenvalue weighted by Gasteiger charge is 2.16. The zero-order valence-electron chi connectivity index (χ0n) is 11.7. The topological polar surface area (TPSA) is 64.7 Å². The van der Waals surface area contributed by atoms with Crippen molar-refractivity contribution in [2.45, 2.75) is 32.9 Å². The van der Waals surface area contributed by atoms with Gasteiger partial charge in [0.25, 0.3) is 5.56 Å². The predicted molar refractivity (Wildman–Crippen MR) is 74.0 cm³/mol. The van der Waals surface area contributed by atoms with Gasteiger partial charge in [-0.15, -0.1) is 0 Å². The smallest absolute Gasteiger partial charge is 0.293 e. The van der Waals surface area contributed by atoms with Crippen LogP contribution in [0.15, 0.2) is 29.6 Å². The number of hydrogen-bond acceptors (Lipinski definition) is 4. The standard InChI is InChI=1S/C13H19N5O/c1-13(2,3)18-8-6-15-11(12(18)19)16-9-10-14-5-7-17(10)4/h5-8H,9H2,1-4H3,(H,15,16). The highest BCUT2D eigenvalue weighted by Crippen LogP contribution is 2.10. The van der Waals surface area contributed by atoms with E-state index in [2.05, 4.69) is 15.3 Å². The summed E-state index contributed by atoms with van der Waals surface area (Å²) >= 11 is 0. The second-order valence-corrected chi connectivity index (χ2v) is 5.43. The van der Waals surface area contributed by atoms with E-state index < -0.39 is 0 Å². The van der Waals surface area contributed by atoms with E-state index in [4.69, 9.17) is 0 Å². The minimum atomic E-state index is -0.264. The summed E-state index contributed by atoms with van der Waals surface area (Å²) in [5.74, 6) is 1.20. The number of nitrogens with zero attached hydrogens (tertiary/aromatic N) is 4. The third-order valence-corrected chi connectivity index (χ3v) is 2.90. The Morgan fingerprint density at radius 3 is 2.47 bits per heavy atom. The summed E-state index contributed by atoms with van der Waals surface area (Å²) in [7, 11) is 1.91. The minimum absolute atomic E-state index is 0.121. The third kappa shape index (κ3) is 2.83. The lowest BCUT2D eigenvalue weighted by Crippen LogP contribution is -2.35. The molecule has 19 heavy (non-hydrogen) atoms. The summed E-state index contributed by atoms with van der Waals surface area (Å²) in [5, 5.41) is 3.04. The van der Waals surface area contributed by atoms with Gasteiger partial charge in [0.2, 0.25) is 0 Å². The van der Waals surface area contributed by atoms with Crippen LogP contribution in [0.5, 0.6) is 0 Å². The molecule has 0 atom stereocenters. The van der Waals surface area contributed by atoms with Gasteiger partial charge in [-0.25, -0.2) is 9.97 Å². The molecule has 0 saturated heterocycles. The molecule has 0 fully saturated rings. The molecule has 102 valence electrons. The molecule has 0 aliphatic heterocycles. The fourth-order valence-electron chi connectivity index (χ4n) is 1.79. The fourth-order valence-corrected chi connectivity index (χ4v) is 1.79. The van der Waals surface area contributed by atoms with Crippen LogP contribution in [0.4, 0.5) is 5.82 Å². The first-order valence-electron chi connectivity index (χ1n) is 6.18. The van der Waals surface area contributed by atoms with E-state index in [1.54, 1.807) is 23.2 Å². The second kappa shape index (κ2) is 4.87. The molecule has 6 heteroatoms. The monoisotopic (exact) mass is 261 g/mol. The summed E-state index contributed by atoms with van der Waals surface area (Å²) in [6.45, 7) is 6.42. The average Bonchev–Trinajstić information content (AvgIpc) is 2.72. The number of nitrogens with one attached hydrogen (secondary N) is 1. The average molecular weight is 261 g/mol. The second-order valence-electron chi connectivity index (χ2n) is 5.43. The van der Waals surface area contributed by atoms with E-state index in [1.807, 2.05) is 38.6 Å². The lowest BCUT2D eigenvalue weighted by atomic mass is 10.1. The maximum absolute atomic E-state index is 12.3. The number of aryl methyl sites for hydroxylation is 1. The molecule has 0 aromatic carbocycles. The molecule has 0 bridgehead atoms. The van der Waals surface area contributed by atoms with Crippen molar-refractivity contribution in [3.63, 3.8) is 0 Å². The quantitative estimate of drug-likeness (QED) is 0.905. The van der Waals surface area contributed by atoms with Crippen molar-refractivity contribution in [1.29, 1.82) is 0 Å². The van der Waals surface area contributed by atoms with Crippen molar-refractivity contribution in [1.82, 2.24) is 19.1 Å². The Morgan fingerprint density at radius 2 is 1.89 bits per heavy atom. The van der Waals surface area contributed by atoms with Gasteiger partial charge in [-0.05, 0) is 20.8 Å². The Balaban J connectivity index is 2.23. The van der Waals surface area contributed by atoms with Crippen molar-refractivity contribution in [3.05, 3.63) is 41.0 Å². The molecule has 1 N–H and O–H groups in total. The van der Waals surface area contributed by atoms with Crippen LogP contribution in [0.2, 0.25) is 0 Å². The van der Waals surface area contributed by atoms with E-state index >= 15 is 0 Å². The van der Waals surface area contributed by atoms with Gasteiger partial charge in [0, 0.05) is 37.4 Å². The third-order valence-electron chi connectivity index (χ3n) is 2.90. The Hall–Kier alpha value is -2.11. The maximum Gasteiger partial charge on any atom is 0.293 e. The molecular weight excluding hydrogens is 242 g/mol. The molecule has 0 aliphatic rings. The van der Waals surface area contributed by atoms with Gasteiger partial charge < -0.3 is 14.5 Å². The first-order chi connectivity index (χ1) is 8.89. The van der Waals surface area contributed by atoms with Gasteiger partial charge in [0.05, 0.1) is 6.54 Å². The van der Waals surface area contributed by atoms with Crippen LogP contribution in [0.3, 0.4) is 0 Å². The van der Waals surface area contributed by atoms with Crippen LogP contribution < -0.4 is 10.9 Å². The summed E-state index contributed by atoms with van der Waals surface area (Å²) in [6, 6.07) is 0. The Labute approximate surface area is 112 Å². The van der Waals surface area contributed by atoms with Crippen molar-refractivity contribution in [3.8, 4) is 0 Å². The number of imidazole rings is 1. The van der Waals surface area contributed by atoms with E-state index in [0.29, 0.717) is 12.4 Å². The van der Waals surface area contributed by atoms with Crippen molar-refractivity contribution in [2.24, 2.45) is 7.05 Å². The number of rotatable bonds is 3. The van der Waals surface area contributed by atoms with Gasteiger partial charge in [0.1, 0.15) is 5.82 Å². The minimum Gasteiger partial charge on any atom is -0.358 e. The summed E-state index contributed by atoms with van der Waals surface area (Å²) in [5.41, 5.74) is -0.385. The molecule has 2 aromatic rings. The molecule has 0 unspecified atom stereocenters. The van der Waals surface area contributed by atoms with Crippen LogP contribution in [-0.4, -0.2) is 19.1 Å². The number of aromatic nitrogens is 4. The summed E-state index contributed by atoms with van der Waals surface area (Å²) in [6.07, 6.45) is 6.92. The van der Waals surface area contributed by atoms with Crippen LogP contribution in [0.25, 0.3) is 0 Å². The Bertz CT molecular complexity index is 620. The van der Waals surface area contributed by atoms with Crippen molar-refractivity contribution >= 4 is 5.82 Å². The lowest BCUT2D eigenvalue weighted by molar-refractivity contribution is 0.383. The van der Waals surface area contributed by atoms with Gasteiger partial charge >= 0.3 is 0 Å². The van der Waals surface area contributed by atoms with E-state index in [9.17, 15) is 4.79 Å². The van der Waals surface area contributed by atoms with Crippen molar-refractivity contribution < 1.29 is 0 Å². The molecule has 0 spiro atoms. The van der Waals surface area contributed by atoms with Crippen LogP contribution in [0, 0.1) is 0 Å². The zero-order valence-corrected chi connectivity index (χ0v) is 11.7. The number of anilines is 1. The van der Waals surface area contributed by atoms with E-state index in [0.717, 1.165) is 5.82 Å². The first-order valence-corrected chi connectivity index (χ1v) is 6.18. The maximum atomic E-state index is 12.3. The predicted octanol–water partition coefficient (Wildman–Crippen LogP) is 1.34. The normalized spacial score (nSPS) is 11.6. The van der Waals surface area contributed by atoms with Crippen LogP contribution in [0.1, 0.15) is 26.6 Å². The molecule has 2 rings (SSSR count). The van der Waals surface area contributed by atoms with Gasteiger partial charge in [-0.2, -0.15) is 0 Å². The Kier molecular flexibility index (Phi) is 3.42. The fraction of sp³-hybridized carbons (Fsp3) is 0.462. The molecule has 0 aliphatic carbocycles. The van der Waals surface area contributed by atoms with E-state index in [-0.39, 0.29) is 11.1 Å². The number of hydrogen-bond donors (Lipinski definition) is 1. The highest BCUT2D eigenvalue weighted by molar-refractivity contribution is 5.31. The van der Waals surface area contributed by atoms with Crippen molar-refractivity contribution in [2.75, 3.05) is 5.32 Å². The van der Waals surface area contributed by atoms with Gasteiger partial charge in [0.15, 0.2) is 5.82 Å². The molecule has 0 radical (unpaired) electrons. The summed E-state index contributed by atoms with van der Waals surface area (Å²) in [4.78, 5) is 20.6. The molecule has 2 aromatic heterocycles. The van der Waals surface area contributed by atoms with Crippen LogP contribution in [-0.2, 0) is 19.1 Å². The highest BCUT2D eigenvalue weighted by atomic mass is 16.1. The zero-order chi connectivity index (χ0) is 14.0. The largest absolute Gasteiger partial charge is 0.358 e. The van der Waals surface area contributed by atoms with Gasteiger partial charge in [-0.3, -0.25) is 4.79 Å². The molecule has 2 heterocycles. The molecule has 0 saturated carbocycles. The van der Waals surface area contributed by atoms with Gasteiger partial charge in [-0.1, -0.05) is 0 Å². The van der Waals surface area contributed by atoms with Crippen LogP contribution >= 0.6 is 0 Å². The summed E-state index contributed by atoms with van der Waals surface area (Å²) < 4.78 is 3.57. The first kappa shape index (κ1) is 13.3. The van der Waals surface area contributed by atoms with E-state index in [1.165, 1.54) is 0 Å².